The second-order valence-electron chi connectivity index (χ2n) is 11.0. The van der Waals surface area contributed by atoms with Gasteiger partial charge in [0, 0.05) is 0 Å². The molecule has 4 aromatic carbocycles. The van der Waals surface area contributed by atoms with Gasteiger partial charge in [-0.15, -0.1) is 0 Å². The standard InChI is InChI=1S/C22H20F2Se.C19H14F2OSe/c1-3-5-6-17-11-14-20(25-17)19-13-12-18(21(23)22(19)24)16-9-7-15(4-2)8-10-16;1-2-12-3-5-13(6-4-12)15-8-9-16(19(21)18(15)20)17-10-7-14(11-22)23-17/h5-14H,3-4H2,1-2H3;3-11H,2H2,1H3. The van der Waals surface area contributed by atoms with E-state index in [9.17, 15) is 22.4 Å². The first-order chi connectivity index (χ1) is 23.3. The number of halogens is 4. The van der Waals surface area contributed by atoms with Crippen LogP contribution in [0, 0.1) is 23.3 Å². The van der Waals surface area contributed by atoms with E-state index < -0.39 is 23.3 Å². The molecule has 6 rings (SSSR count). The first-order valence-electron chi connectivity index (χ1n) is 15.7. The number of carbonyl (C=O) groups excluding carboxylic acids is 1. The van der Waals surface area contributed by atoms with E-state index in [-0.39, 0.29) is 40.1 Å². The molecule has 2 heterocycles. The second kappa shape index (κ2) is 16.4. The van der Waals surface area contributed by atoms with Crippen LogP contribution >= 0.6 is 0 Å². The average molecular weight is 777 g/mol. The first kappa shape index (κ1) is 35.3. The van der Waals surface area contributed by atoms with Crippen LogP contribution in [0.15, 0.2) is 103 Å². The maximum atomic E-state index is 14.7. The molecule has 2 aromatic heterocycles. The molecule has 0 aliphatic carbocycles. The van der Waals surface area contributed by atoms with E-state index in [4.69, 9.17) is 0 Å². The summed E-state index contributed by atoms with van der Waals surface area (Å²) in [6, 6.07) is 28.9. The van der Waals surface area contributed by atoms with Crippen molar-refractivity contribution in [3.8, 4) is 42.3 Å². The molecule has 0 aliphatic rings. The van der Waals surface area contributed by atoms with Gasteiger partial charge in [-0.1, -0.05) is 0 Å². The zero-order chi connectivity index (χ0) is 34.2. The molecule has 0 radical (unpaired) electrons. The zero-order valence-electron chi connectivity index (χ0n) is 26.8. The van der Waals surface area contributed by atoms with E-state index in [2.05, 4.69) is 26.0 Å². The molecule has 244 valence electrons. The number of aryl methyl sites for hydroxylation is 2. The van der Waals surface area contributed by atoms with Crippen LogP contribution in [0.5, 0.6) is 0 Å². The van der Waals surface area contributed by atoms with Gasteiger partial charge >= 0.3 is 292 Å². The van der Waals surface area contributed by atoms with Crippen LogP contribution < -0.4 is 0 Å². The van der Waals surface area contributed by atoms with Crippen molar-refractivity contribution in [1.82, 2.24) is 0 Å². The Morgan fingerprint density at radius 3 is 1.29 bits per heavy atom. The number of aldehydes is 1. The van der Waals surface area contributed by atoms with Crippen LogP contribution in [0.2, 0.25) is 0 Å². The Morgan fingerprint density at radius 2 is 0.896 bits per heavy atom. The van der Waals surface area contributed by atoms with Gasteiger partial charge in [0.2, 0.25) is 0 Å². The van der Waals surface area contributed by atoms with Crippen molar-refractivity contribution >= 4 is 41.4 Å². The molecule has 0 amide bonds. The molecule has 0 saturated heterocycles. The van der Waals surface area contributed by atoms with E-state index in [0.29, 0.717) is 31.1 Å². The zero-order valence-corrected chi connectivity index (χ0v) is 30.3. The molecule has 6 aromatic rings. The number of allylic oxidation sites excluding steroid dienone is 1. The van der Waals surface area contributed by atoms with Crippen molar-refractivity contribution in [1.29, 1.82) is 0 Å². The average Bonchev–Trinajstić information content (AvgIpc) is 3.80. The molecule has 0 atom stereocenters. The third-order valence-electron chi connectivity index (χ3n) is 7.93. The van der Waals surface area contributed by atoms with Gasteiger partial charge in [0.05, 0.1) is 0 Å². The minimum atomic E-state index is -0.851. The molecule has 0 N–H and O–H groups in total. The van der Waals surface area contributed by atoms with E-state index in [0.717, 1.165) is 35.5 Å². The Morgan fingerprint density at radius 1 is 0.500 bits per heavy atom. The predicted octanol–water partition coefficient (Wildman–Crippen LogP) is 11.1. The summed E-state index contributed by atoms with van der Waals surface area (Å²) in [6.07, 6.45) is 7.72. The van der Waals surface area contributed by atoms with Crippen molar-refractivity contribution in [2.45, 2.75) is 40.0 Å². The van der Waals surface area contributed by atoms with Crippen LogP contribution in [0.3, 0.4) is 0 Å². The minimum absolute atomic E-state index is 0.0171. The Kier molecular flexibility index (Phi) is 12.1. The van der Waals surface area contributed by atoms with Crippen LogP contribution in [-0.4, -0.2) is 35.3 Å². The SMILES string of the molecule is CCC=Cc1ccc(-c2ccc(-c3ccc(CC)cc3)c(F)c2F)[se]1.CCc1ccc(-c2ccc(-c3ccc(C=O)[se]3)c(F)c2F)cc1. The van der Waals surface area contributed by atoms with Crippen molar-refractivity contribution in [2.24, 2.45) is 0 Å². The fourth-order valence-electron chi connectivity index (χ4n) is 5.15. The number of hydrogen-bond acceptors (Lipinski definition) is 1. The molecule has 0 aliphatic heterocycles. The van der Waals surface area contributed by atoms with Crippen molar-refractivity contribution < 1.29 is 22.4 Å². The molecule has 0 unspecified atom stereocenters. The summed E-state index contributed by atoms with van der Waals surface area (Å²) in [5.74, 6) is -3.21. The summed E-state index contributed by atoms with van der Waals surface area (Å²) in [6.45, 7) is 6.19. The topological polar surface area (TPSA) is 17.1 Å². The number of benzene rings is 4. The Balaban J connectivity index is 0.000000188. The van der Waals surface area contributed by atoms with Gasteiger partial charge in [-0.3, -0.25) is 0 Å². The summed E-state index contributed by atoms with van der Waals surface area (Å²) >= 11 is -0.247. The summed E-state index contributed by atoms with van der Waals surface area (Å²) < 4.78 is 61.7. The van der Waals surface area contributed by atoms with Crippen LogP contribution in [-0.2, 0) is 12.8 Å². The van der Waals surface area contributed by atoms with Gasteiger partial charge in [0.25, 0.3) is 0 Å². The Labute approximate surface area is 291 Å². The molecule has 1 nitrogen and oxygen atoms in total. The van der Waals surface area contributed by atoms with Gasteiger partial charge in [-0.25, -0.2) is 0 Å². The third kappa shape index (κ3) is 7.99. The predicted molar refractivity (Wildman–Crippen MR) is 192 cm³/mol. The fraction of sp³-hybridized carbons (Fsp3) is 0.146. The summed E-state index contributed by atoms with van der Waals surface area (Å²) in [7, 11) is 0. The normalized spacial score (nSPS) is 11.1. The molecular weight excluding hydrogens is 742 g/mol. The first-order valence-corrected chi connectivity index (χ1v) is 19.2. The number of rotatable bonds is 9. The molecular formula is C41H34F4OSe2. The van der Waals surface area contributed by atoms with Gasteiger partial charge in [0.15, 0.2) is 0 Å². The Bertz CT molecular complexity index is 2040. The van der Waals surface area contributed by atoms with Gasteiger partial charge in [-0.05, 0) is 0 Å². The molecule has 0 spiro atoms. The maximum absolute atomic E-state index is 14.7. The van der Waals surface area contributed by atoms with Gasteiger partial charge < -0.3 is 0 Å². The number of hydrogen-bond donors (Lipinski definition) is 0. The van der Waals surface area contributed by atoms with Crippen LogP contribution in [0.25, 0.3) is 48.3 Å². The fourth-order valence-corrected chi connectivity index (χ4v) is 8.92. The van der Waals surface area contributed by atoms with Crippen LogP contribution in [0.1, 0.15) is 52.0 Å². The van der Waals surface area contributed by atoms with Crippen molar-refractivity contribution in [3.63, 3.8) is 0 Å². The molecule has 48 heavy (non-hydrogen) atoms. The molecule has 0 fully saturated rings. The Hall–Kier alpha value is -3.99. The van der Waals surface area contributed by atoms with E-state index in [1.54, 1.807) is 48.5 Å². The summed E-state index contributed by atoms with van der Waals surface area (Å²) in [4.78, 5) is 10.8. The third-order valence-corrected chi connectivity index (χ3v) is 12.4. The van der Waals surface area contributed by atoms with E-state index >= 15 is 0 Å². The molecule has 0 saturated carbocycles. The van der Waals surface area contributed by atoms with Gasteiger partial charge in [0.1, 0.15) is 0 Å². The quantitative estimate of drug-likeness (QED) is 0.0812. The number of carbonyl (C=O) groups is 1. The van der Waals surface area contributed by atoms with E-state index in [1.807, 2.05) is 55.5 Å². The monoisotopic (exact) mass is 778 g/mol. The van der Waals surface area contributed by atoms with E-state index in [1.165, 1.54) is 10.0 Å². The van der Waals surface area contributed by atoms with Crippen molar-refractivity contribution in [3.05, 3.63) is 146 Å². The summed E-state index contributed by atoms with van der Waals surface area (Å²) in [5, 5.41) is 0. The molecule has 0 bridgehead atoms. The molecule has 7 heteroatoms. The summed E-state index contributed by atoms with van der Waals surface area (Å²) in [5.41, 5.74) is 4.87. The van der Waals surface area contributed by atoms with Crippen LogP contribution in [0.4, 0.5) is 17.6 Å². The van der Waals surface area contributed by atoms with Gasteiger partial charge in [-0.2, -0.15) is 0 Å². The van der Waals surface area contributed by atoms with Crippen molar-refractivity contribution in [2.75, 3.05) is 0 Å². The second-order valence-corrected chi connectivity index (χ2v) is 15.7.